The van der Waals surface area contributed by atoms with Crippen molar-refractivity contribution in [3.63, 3.8) is 0 Å². The largest absolute Gasteiger partial charge is 0.484 e. The molecule has 0 aliphatic carbocycles. The van der Waals surface area contributed by atoms with E-state index >= 15 is 0 Å². The zero-order valence-corrected chi connectivity index (χ0v) is 10.3. The van der Waals surface area contributed by atoms with Crippen LogP contribution in [0.15, 0.2) is 24.4 Å². The third-order valence-electron chi connectivity index (χ3n) is 2.51. The fourth-order valence-corrected chi connectivity index (χ4v) is 1.53. The van der Waals surface area contributed by atoms with Crippen molar-refractivity contribution < 1.29 is 9.13 Å². The Labute approximate surface area is 104 Å². The molecule has 0 aliphatic heterocycles. The van der Waals surface area contributed by atoms with Gasteiger partial charge in [0.25, 0.3) is 0 Å². The van der Waals surface area contributed by atoms with Crippen molar-refractivity contribution >= 4 is 0 Å². The molecule has 0 bridgehead atoms. The molecule has 2 aromatic rings. The molecule has 18 heavy (non-hydrogen) atoms. The fourth-order valence-electron chi connectivity index (χ4n) is 1.53. The lowest BCUT2D eigenvalue weighted by atomic mass is 10.1. The standard InChI is InChI=1S/C12H15FN4O/c1-8(14)9-3-4-12(11(13)5-9)18-7-10-6-17(2)16-15-10/h3-6,8H,7,14H2,1-2H3. The maximum atomic E-state index is 13.7. The second-order valence-electron chi connectivity index (χ2n) is 4.15. The van der Waals surface area contributed by atoms with Gasteiger partial charge in [-0.15, -0.1) is 5.10 Å². The minimum atomic E-state index is -0.423. The van der Waals surface area contributed by atoms with E-state index in [-0.39, 0.29) is 18.4 Å². The molecule has 0 radical (unpaired) electrons. The molecule has 5 nitrogen and oxygen atoms in total. The van der Waals surface area contributed by atoms with Crippen LogP contribution in [-0.4, -0.2) is 15.0 Å². The lowest BCUT2D eigenvalue weighted by molar-refractivity contribution is 0.285. The summed E-state index contributed by atoms with van der Waals surface area (Å²) in [5.41, 5.74) is 7.05. The number of nitrogens with zero attached hydrogens (tertiary/aromatic N) is 3. The van der Waals surface area contributed by atoms with Gasteiger partial charge in [0.1, 0.15) is 12.3 Å². The van der Waals surface area contributed by atoms with Crippen molar-refractivity contribution in [2.75, 3.05) is 0 Å². The van der Waals surface area contributed by atoms with Crippen LogP contribution in [-0.2, 0) is 13.7 Å². The van der Waals surface area contributed by atoms with E-state index in [4.69, 9.17) is 10.5 Å². The number of nitrogens with two attached hydrogens (primary N) is 1. The van der Waals surface area contributed by atoms with Crippen LogP contribution in [0.2, 0.25) is 0 Å². The summed E-state index contributed by atoms with van der Waals surface area (Å²) in [6.45, 7) is 1.98. The van der Waals surface area contributed by atoms with E-state index in [1.165, 1.54) is 6.07 Å². The second-order valence-corrected chi connectivity index (χ2v) is 4.15. The highest BCUT2D eigenvalue weighted by Gasteiger charge is 2.08. The van der Waals surface area contributed by atoms with Crippen LogP contribution in [0.25, 0.3) is 0 Å². The number of halogens is 1. The molecule has 1 heterocycles. The van der Waals surface area contributed by atoms with Gasteiger partial charge >= 0.3 is 0 Å². The summed E-state index contributed by atoms with van der Waals surface area (Å²) in [6.07, 6.45) is 1.72. The minimum absolute atomic E-state index is 0.183. The van der Waals surface area contributed by atoms with Gasteiger partial charge in [0.2, 0.25) is 0 Å². The van der Waals surface area contributed by atoms with Gasteiger partial charge in [-0.05, 0) is 24.6 Å². The molecule has 0 fully saturated rings. The number of hydrogen-bond donors (Lipinski definition) is 1. The number of benzene rings is 1. The number of hydrogen-bond acceptors (Lipinski definition) is 4. The normalized spacial score (nSPS) is 12.4. The van der Waals surface area contributed by atoms with Crippen LogP contribution >= 0.6 is 0 Å². The van der Waals surface area contributed by atoms with Crippen molar-refractivity contribution in [2.24, 2.45) is 12.8 Å². The van der Waals surface area contributed by atoms with E-state index in [1.54, 1.807) is 37.0 Å². The Morgan fingerprint density at radius 2 is 2.28 bits per heavy atom. The third-order valence-corrected chi connectivity index (χ3v) is 2.51. The first-order chi connectivity index (χ1) is 8.56. The van der Waals surface area contributed by atoms with E-state index < -0.39 is 5.82 Å². The molecule has 2 rings (SSSR count). The van der Waals surface area contributed by atoms with Gasteiger partial charge < -0.3 is 10.5 Å². The van der Waals surface area contributed by atoms with Crippen molar-refractivity contribution in [1.82, 2.24) is 15.0 Å². The molecule has 1 aromatic carbocycles. The predicted molar refractivity (Wildman–Crippen MR) is 64.3 cm³/mol. The van der Waals surface area contributed by atoms with Gasteiger partial charge in [-0.3, -0.25) is 4.68 Å². The highest BCUT2D eigenvalue weighted by Crippen LogP contribution is 2.21. The van der Waals surface area contributed by atoms with Crippen LogP contribution < -0.4 is 10.5 Å². The number of ether oxygens (including phenoxy) is 1. The highest BCUT2D eigenvalue weighted by atomic mass is 19.1. The monoisotopic (exact) mass is 250 g/mol. The van der Waals surface area contributed by atoms with Gasteiger partial charge in [-0.25, -0.2) is 4.39 Å². The van der Waals surface area contributed by atoms with Crippen LogP contribution in [0.1, 0.15) is 24.2 Å². The Bertz CT molecular complexity index is 539. The molecule has 6 heteroatoms. The Kier molecular flexibility index (Phi) is 3.57. The van der Waals surface area contributed by atoms with Crippen molar-refractivity contribution in [1.29, 1.82) is 0 Å². The maximum absolute atomic E-state index is 13.7. The van der Waals surface area contributed by atoms with Crippen LogP contribution in [0.5, 0.6) is 5.75 Å². The topological polar surface area (TPSA) is 66.0 Å². The molecule has 0 aliphatic rings. The van der Waals surface area contributed by atoms with E-state index in [9.17, 15) is 4.39 Å². The second kappa shape index (κ2) is 5.14. The third kappa shape index (κ3) is 2.84. The molecule has 0 spiro atoms. The first-order valence-corrected chi connectivity index (χ1v) is 5.59. The van der Waals surface area contributed by atoms with Crippen LogP contribution in [0, 0.1) is 5.82 Å². The average molecular weight is 250 g/mol. The Hall–Kier alpha value is -1.95. The molecule has 0 amide bonds. The Morgan fingerprint density at radius 3 is 2.83 bits per heavy atom. The van der Waals surface area contributed by atoms with Gasteiger partial charge in [0, 0.05) is 13.1 Å². The molecular weight excluding hydrogens is 235 g/mol. The average Bonchev–Trinajstić information content (AvgIpc) is 2.73. The fraction of sp³-hybridized carbons (Fsp3) is 0.333. The smallest absolute Gasteiger partial charge is 0.165 e. The number of aryl methyl sites for hydroxylation is 1. The highest BCUT2D eigenvalue weighted by molar-refractivity contribution is 5.30. The lowest BCUT2D eigenvalue weighted by Crippen LogP contribution is -2.06. The first-order valence-electron chi connectivity index (χ1n) is 5.59. The molecule has 96 valence electrons. The van der Waals surface area contributed by atoms with Crippen LogP contribution in [0.3, 0.4) is 0 Å². The molecule has 0 saturated carbocycles. The zero-order chi connectivity index (χ0) is 13.1. The molecular formula is C12H15FN4O. The zero-order valence-electron chi connectivity index (χ0n) is 10.3. The first kappa shape index (κ1) is 12.5. The molecule has 2 N–H and O–H groups in total. The van der Waals surface area contributed by atoms with Gasteiger partial charge in [-0.1, -0.05) is 11.3 Å². The summed E-state index contributed by atoms with van der Waals surface area (Å²) in [5, 5.41) is 7.62. The maximum Gasteiger partial charge on any atom is 0.165 e. The van der Waals surface area contributed by atoms with Crippen LogP contribution in [0.4, 0.5) is 4.39 Å². The summed E-state index contributed by atoms with van der Waals surface area (Å²) in [5.74, 6) is -0.237. The molecule has 1 unspecified atom stereocenters. The Morgan fingerprint density at radius 1 is 1.50 bits per heavy atom. The quantitative estimate of drug-likeness (QED) is 0.894. The Balaban J connectivity index is 2.05. The van der Waals surface area contributed by atoms with Crippen molar-refractivity contribution in [2.45, 2.75) is 19.6 Å². The van der Waals surface area contributed by atoms with Gasteiger partial charge in [0.05, 0.1) is 6.20 Å². The minimum Gasteiger partial charge on any atom is -0.484 e. The number of aromatic nitrogens is 3. The van der Waals surface area contributed by atoms with Gasteiger partial charge in [0.15, 0.2) is 11.6 Å². The molecule has 1 atom stereocenters. The van der Waals surface area contributed by atoms with Crippen molar-refractivity contribution in [3.05, 3.63) is 41.5 Å². The van der Waals surface area contributed by atoms with E-state index in [2.05, 4.69) is 10.3 Å². The molecule has 0 saturated heterocycles. The van der Waals surface area contributed by atoms with Gasteiger partial charge in [-0.2, -0.15) is 0 Å². The molecule has 1 aromatic heterocycles. The summed E-state index contributed by atoms with van der Waals surface area (Å²) in [7, 11) is 1.76. The summed E-state index contributed by atoms with van der Waals surface area (Å²) < 4.78 is 20.6. The van der Waals surface area contributed by atoms with E-state index in [0.29, 0.717) is 5.69 Å². The van der Waals surface area contributed by atoms with E-state index in [1.807, 2.05) is 0 Å². The SMILES string of the molecule is CC(N)c1ccc(OCc2cn(C)nn2)c(F)c1. The summed E-state index contributed by atoms with van der Waals surface area (Å²) in [6, 6.07) is 4.51. The van der Waals surface area contributed by atoms with Crippen molar-refractivity contribution in [3.8, 4) is 5.75 Å². The predicted octanol–water partition coefficient (Wildman–Crippen LogP) is 1.55. The lowest BCUT2D eigenvalue weighted by Gasteiger charge is -2.09. The van der Waals surface area contributed by atoms with E-state index in [0.717, 1.165) is 5.56 Å². The summed E-state index contributed by atoms with van der Waals surface area (Å²) in [4.78, 5) is 0. The number of rotatable bonds is 4. The summed E-state index contributed by atoms with van der Waals surface area (Å²) >= 11 is 0.